The van der Waals surface area contributed by atoms with E-state index < -0.39 is 12.2 Å². The third-order valence-corrected chi connectivity index (χ3v) is 7.57. The molecule has 6 nitrogen and oxygen atoms in total. The van der Waals surface area contributed by atoms with Crippen molar-refractivity contribution in [3.05, 3.63) is 35.4 Å². The molecule has 0 aliphatic heterocycles. The summed E-state index contributed by atoms with van der Waals surface area (Å²) in [6, 6.07) is 9.36. The van der Waals surface area contributed by atoms with E-state index in [9.17, 15) is 10.2 Å². The maximum Gasteiger partial charge on any atom is 0.138 e. The summed E-state index contributed by atoms with van der Waals surface area (Å²) in [4.78, 5) is 0. The summed E-state index contributed by atoms with van der Waals surface area (Å²) >= 11 is 6.66. The molecule has 0 amide bonds. The zero-order chi connectivity index (χ0) is 28.5. The minimum atomic E-state index is -0.738. The van der Waals surface area contributed by atoms with Crippen molar-refractivity contribution in [2.24, 2.45) is 11.8 Å². The molecule has 0 saturated heterocycles. The van der Waals surface area contributed by atoms with E-state index in [1.807, 2.05) is 30.3 Å². The topological polar surface area (TPSA) is 77.4 Å². The molecule has 2 rings (SSSR count). The van der Waals surface area contributed by atoms with Gasteiger partial charge in [0.15, 0.2) is 0 Å². The fraction of sp³-hybridized carbons (Fsp3) is 0.688. The molecule has 0 bridgehead atoms. The van der Waals surface area contributed by atoms with Gasteiger partial charge >= 0.3 is 0 Å². The van der Waals surface area contributed by atoms with E-state index in [4.69, 9.17) is 30.5 Å². The summed E-state index contributed by atoms with van der Waals surface area (Å²) in [6.07, 6.45) is 7.81. The van der Waals surface area contributed by atoms with Crippen LogP contribution >= 0.6 is 11.6 Å². The van der Waals surface area contributed by atoms with Crippen LogP contribution in [0.1, 0.15) is 79.1 Å². The fourth-order valence-corrected chi connectivity index (χ4v) is 4.74. The number of aliphatic hydroxyl groups excluding tert-OH is 2. The third-order valence-electron chi connectivity index (χ3n) is 7.18. The third kappa shape index (κ3) is 12.6. The summed E-state index contributed by atoms with van der Waals surface area (Å²) < 4.78 is 23.2. The normalized spacial score (nSPS) is 14.7. The van der Waals surface area contributed by atoms with E-state index in [0.29, 0.717) is 41.6 Å². The first-order valence-electron chi connectivity index (χ1n) is 14.9. The van der Waals surface area contributed by atoms with Crippen molar-refractivity contribution in [1.82, 2.24) is 0 Å². The van der Waals surface area contributed by atoms with Gasteiger partial charge in [-0.1, -0.05) is 90.0 Å². The minimum Gasteiger partial charge on any atom is -0.491 e. The fourth-order valence-electron chi connectivity index (χ4n) is 4.46. The van der Waals surface area contributed by atoms with Gasteiger partial charge in [-0.05, 0) is 48.3 Å². The quantitative estimate of drug-likeness (QED) is 0.154. The first-order valence-corrected chi connectivity index (χ1v) is 15.3. The first kappa shape index (κ1) is 33.6. The van der Waals surface area contributed by atoms with E-state index in [1.54, 1.807) is 0 Å². The predicted octanol–water partition coefficient (Wildman–Crippen LogP) is 7.44. The highest BCUT2D eigenvalue weighted by atomic mass is 35.5. The molecule has 0 aromatic heterocycles. The van der Waals surface area contributed by atoms with E-state index in [-0.39, 0.29) is 26.4 Å². The van der Waals surface area contributed by atoms with Crippen molar-refractivity contribution in [1.29, 1.82) is 0 Å². The molecular weight excluding hydrogens is 516 g/mol. The van der Waals surface area contributed by atoms with Crippen molar-refractivity contribution in [3.63, 3.8) is 0 Å². The number of halogens is 1. The van der Waals surface area contributed by atoms with Crippen LogP contribution in [0.25, 0.3) is 10.8 Å². The SMILES string of the molecule is CCCCC(CC)COCC(O)COc1ccc2ccc(OCC(O)COCC(CC)CCCC)c(Cl)c2c1. The van der Waals surface area contributed by atoms with Gasteiger partial charge in [-0.25, -0.2) is 0 Å². The number of unbranched alkanes of at least 4 members (excludes halogenated alkanes) is 2. The van der Waals surface area contributed by atoms with Crippen LogP contribution in [0, 0.1) is 11.8 Å². The first-order chi connectivity index (χ1) is 18.9. The van der Waals surface area contributed by atoms with Gasteiger partial charge < -0.3 is 29.2 Å². The average Bonchev–Trinajstić information content (AvgIpc) is 2.95. The summed E-state index contributed by atoms with van der Waals surface area (Å²) in [6.45, 7) is 10.8. The molecule has 4 atom stereocenters. The van der Waals surface area contributed by atoms with Crippen molar-refractivity contribution >= 4 is 22.4 Å². The molecule has 0 aliphatic rings. The van der Waals surface area contributed by atoms with Crippen LogP contribution in [0.2, 0.25) is 5.02 Å². The van der Waals surface area contributed by atoms with Crippen molar-refractivity contribution in [3.8, 4) is 11.5 Å². The lowest BCUT2D eigenvalue weighted by Gasteiger charge is -2.18. The molecule has 39 heavy (non-hydrogen) atoms. The van der Waals surface area contributed by atoms with Crippen LogP contribution in [0.3, 0.4) is 0 Å². The molecule has 222 valence electrons. The summed E-state index contributed by atoms with van der Waals surface area (Å²) in [7, 11) is 0. The smallest absolute Gasteiger partial charge is 0.138 e. The van der Waals surface area contributed by atoms with E-state index >= 15 is 0 Å². The highest BCUT2D eigenvalue weighted by Gasteiger charge is 2.14. The Bertz CT molecular complexity index is 918. The highest BCUT2D eigenvalue weighted by molar-refractivity contribution is 6.37. The Morgan fingerprint density at radius 2 is 1.23 bits per heavy atom. The average molecular weight is 567 g/mol. The molecule has 2 aromatic rings. The summed E-state index contributed by atoms with van der Waals surface area (Å²) in [5, 5.41) is 22.8. The molecule has 4 unspecified atom stereocenters. The van der Waals surface area contributed by atoms with Gasteiger partial charge in [-0.3, -0.25) is 0 Å². The number of rotatable bonds is 22. The van der Waals surface area contributed by atoms with Gasteiger partial charge in [0.05, 0.1) is 18.2 Å². The van der Waals surface area contributed by atoms with Gasteiger partial charge in [0, 0.05) is 18.6 Å². The Morgan fingerprint density at radius 3 is 1.77 bits per heavy atom. The summed E-state index contributed by atoms with van der Waals surface area (Å²) in [5.41, 5.74) is 0. The number of hydrogen-bond donors (Lipinski definition) is 2. The largest absolute Gasteiger partial charge is 0.491 e. The van der Waals surface area contributed by atoms with Crippen molar-refractivity contribution < 1.29 is 29.2 Å². The Labute approximate surface area is 240 Å². The molecule has 0 heterocycles. The van der Waals surface area contributed by atoms with Gasteiger partial charge in [-0.2, -0.15) is 0 Å². The maximum absolute atomic E-state index is 10.3. The maximum atomic E-state index is 10.3. The molecule has 0 fully saturated rings. The monoisotopic (exact) mass is 566 g/mol. The van der Waals surface area contributed by atoms with E-state index in [1.165, 1.54) is 25.7 Å². The lowest BCUT2D eigenvalue weighted by atomic mass is 10.0. The Morgan fingerprint density at radius 1 is 0.692 bits per heavy atom. The summed E-state index contributed by atoms with van der Waals surface area (Å²) in [5.74, 6) is 2.17. The van der Waals surface area contributed by atoms with Crippen molar-refractivity contribution in [2.75, 3.05) is 39.6 Å². The second-order valence-corrected chi connectivity index (χ2v) is 11.0. The van der Waals surface area contributed by atoms with Crippen LogP contribution < -0.4 is 9.47 Å². The number of ether oxygens (including phenoxy) is 4. The lowest BCUT2D eigenvalue weighted by molar-refractivity contribution is -0.00112. The van der Waals surface area contributed by atoms with Crippen molar-refractivity contribution in [2.45, 2.75) is 91.3 Å². The lowest BCUT2D eigenvalue weighted by Crippen LogP contribution is -2.25. The Kier molecular flexibility index (Phi) is 16.8. The molecule has 0 radical (unpaired) electrons. The molecule has 0 spiro atoms. The van der Waals surface area contributed by atoms with Gasteiger partial charge in [0.2, 0.25) is 0 Å². The van der Waals surface area contributed by atoms with E-state index in [0.717, 1.165) is 36.5 Å². The predicted molar refractivity (Wildman–Crippen MR) is 160 cm³/mol. The van der Waals surface area contributed by atoms with Gasteiger partial charge in [-0.15, -0.1) is 0 Å². The number of hydrogen-bond acceptors (Lipinski definition) is 6. The Hall–Kier alpha value is -1.57. The number of benzene rings is 2. The van der Waals surface area contributed by atoms with Crippen LogP contribution in [0.5, 0.6) is 11.5 Å². The van der Waals surface area contributed by atoms with Gasteiger partial charge in [0.1, 0.15) is 36.9 Å². The number of aliphatic hydroxyl groups is 2. The standard InChI is InChI=1S/C32H51ClO6/c1-5-9-11-24(7-3)18-36-20-27(34)22-38-29-15-13-26-14-16-31(32(33)30(26)17-29)39-23-28(35)21-37-19-25(8-4)12-10-6-2/h13-17,24-25,27-28,34-35H,5-12,18-23H2,1-4H3. The second kappa shape index (κ2) is 19.5. The molecule has 2 aromatic carbocycles. The van der Waals surface area contributed by atoms with Crippen LogP contribution in [0.4, 0.5) is 0 Å². The zero-order valence-electron chi connectivity index (χ0n) is 24.5. The Balaban J connectivity index is 1.83. The molecule has 0 aliphatic carbocycles. The molecular formula is C32H51ClO6. The highest BCUT2D eigenvalue weighted by Crippen LogP contribution is 2.35. The van der Waals surface area contributed by atoms with Crippen LogP contribution in [0.15, 0.2) is 30.3 Å². The zero-order valence-corrected chi connectivity index (χ0v) is 25.3. The molecule has 7 heteroatoms. The van der Waals surface area contributed by atoms with E-state index in [2.05, 4.69) is 27.7 Å². The molecule has 0 saturated carbocycles. The number of fused-ring (bicyclic) bond motifs is 1. The van der Waals surface area contributed by atoms with Crippen LogP contribution in [-0.4, -0.2) is 62.1 Å². The van der Waals surface area contributed by atoms with Gasteiger partial charge in [0.25, 0.3) is 0 Å². The van der Waals surface area contributed by atoms with Crippen LogP contribution in [-0.2, 0) is 9.47 Å². The second-order valence-electron chi connectivity index (χ2n) is 10.6. The minimum absolute atomic E-state index is 0.0939. The molecule has 2 N–H and O–H groups in total.